The summed E-state index contributed by atoms with van der Waals surface area (Å²) in [5.74, 6) is -1.36. The maximum atomic E-state index is 12.2. The molecule has 0 amide bonds. The second-order valence-corrected chi connectivity index (χ2v) is 6.54. The van der Waals surface area contributed by atoms with Gasteiger partial charge in [-0.25, -0.2) is 13.2 Å². The lowest BCUT2D eigenvalue weighted by molar-refractivity contribution is 0.0695. The molecule has 106 valence electrons. The van der Waals surface area contributed by atoms with Gasteiger partial charge in [0, 0.05) is 0 Å². The van der Waals surface area contributed by atoms with E-state index in [9.17, 15) is 13.2 Å². The molecule has 2 aromatic rings. The van der Waals surface area contributed by atoms with Gasteiger partial charge < -0.3 is 9.52 Å². The number of aryl methyl sites for hydroxylation is 1. The van der Waals surface area contributed by atoms with Crippen LogP contribution >= 0.6 is 11.6 Å². The van der Waals surface area contributed by atoms with Crippen LogP contribution in [0.5, 0.6) is 0 Å². The van der Waals surface area contributed by atoms with E-state index in [2.05, 4.69) is 0 Å². The predicted molar refractivity (Wildman–Crippen MR) is 72.7 cm³/mol. The Morgan fingerprint density at radius 1 is 1.35 bits per heavy atom. The van der Waals surface area contributed by atoms with E-state index >= 15 is 0 Å². The van der Waals surface area contributed by atoms with Gasteiger partial charge in [-0.3, -0.25) is 0 Å². The molecule has 0 atom stereocenters. The Labute approximate surface area is 120 Å². The fourth-order valence-corrected chi connectivity index (χ4v) is 3.60. The van der Waals surface area contributed by atoms with Crippen LogP contribution in [-0.4, -0.2) is 19.5 Å². The standard InChI is InChI=1S/C13H11ClO5S/c1-8-10(13(15)16)6-9(19-8)7-20(17,18)12-5-3-2-4-11(12)14/h2-6H,7H2,1H3,(H,15,16). The number of hydrogen-bond acceptors (Lipinski definition) is 4. The highest BCUT2D eigenvalue weighted by atomic mass is 35.5. The summed E-state index contributed by atoms with van der Waals surface area (Å²) in [4.78, 5) is 10.9. The number of aromatic carboxylic acids is 1. The van der Waals surface area contributed by atoms with Crippen LogP contribution in [0.15, 0.2) is 39.6 Å². The number of furan rings is 1. The molecule has 1 aromatic heterocycles. The van der Waals surface area contributed by atoms with E-state index < -0.39 is 21.6 Å². The van der Waals surface area contributed by atoms with Crippen LogP contribution in [0.2, 0.25) is 5.02 Å². The summed E-state index contributed by atoms with van der Waals surface area (Å²) in [6, 6.07) is 7.28. The van der Waals surface area contributed by atoms with Crippen LogP contribution in [0.1, 0.15) is 21.9 Å². The second-order valence-electron chi connectivity index (χ2n) is 4.18. The first-order valence-corrected chi connectivity index (χ1v) is 7.64. The summed E-state index contributed by atoms with van der Waals surface area (Å²) < 4.78 is 29.6. The number of rotatable bonds is 4. The quantitative estimate of drug-likeness (QED) is 0.938. The third-order valence-corrected chi connectivity index (χ3v) is 4.84. The van der Waals surface area contributed by atoms with Crippen LogP contribution in [0, 0.1) is 6.92 Å². The molecule has 0 spiro atoms. The Kier molecular flexibility index (Phi) is 3.87. The van der Waals surface area contributed by atoms with Crippen molar-refractivity contribution in [1.29, 1.82) is 0 Å². The molecule has 20 heavy (non-hydrogen) atoms. The highest BCUT2D eigenvalue weighted by Gasteiger charge is 2.22. The summed E-state index contributed by atoms with van der Waals surface area (Å²) in [5.41, 5.74) is -0.0469. The summed E-state index contributed by atoms with van der Waals surface area (Å²) in [6.45, 7) is 1.47. The van der Waals surface area contributed by atoms with Gasteiger partial charge in [0.1, 0.15) is 22.8 Å². The van der Waals surface area contributed by atoms with Gasteiger partial charge >= 0.3 is 5.97 Å². The highest BCUT2D eigenvalue weighted by molar-refractivity contribution is 7.90. The fraction of sp³-hybridized carbons (Fsp3) is 0.154. The van der Waals surface area contributed by atoms with Gasteiger partial charge in [-0.2, -0.15) is 0 Å². The molecular formula is C13H11ClO5S. The molecule has 0 bridgehead atoms. The van der Waals surface area contributed by atoms with E-state index in [1.165, 1.54) is 25.1 Å². The van der Waals surface area contributed by atoms with Crippen molar-refractivity contribution in [3.05, 3.63) is 52.4 Å². The first-order valence-electron chi connectivity index (χ1n) is 5.61. The molecule has 5 nitrogen and oxygen atoms in total. The zero-order valence-electron chi connectivity index (χ0n) is 10.5. The van der Waals surface area contributed by atoms with Gasteiger partial charge in [0.2, 0.25) is 0 Å². The molecule has 0 aliphatic carbocycles. The van der Waals surface area contributed by atoms with Crippen molar-refractivity contribution in [3.8, 4) is 0 Å². The maximum Gasteiger partial charge on any atom is 0.339 e. The van der Waals surface area contributed by atoms with E-state index in [1.807, 2.05) is 0 Å². The van der Waals surface area contributed by atoms with Crippen molar-refractivity contribution >= 4 is 27.4 Å². The fourth-order valence-electron chi connectivity index (χ4n) is 1.79. The van der Waals surface area contributed by atoms with E-state index in [0.717, 1.165) is 0 Å². The monoisotopic (exact) mass is 314 g/mol. The largest absolute Gasteiger partial charge is 0.478 e. The van der Waals surface area contributed by atoms with E-state index in [-0.39, 0.29) is 27.0 Å². The summed E-state index contributed by atoms with van der Waals surface area (Å²) in [5, 5.41) is 9.03. The van der Waals surface area contributed by atoms with E-state index in [0.29, 0.717) is 0 Å². The summed E-state index contributed by atoms with van der Waals surface area (Å²) in [6.07, 6.45) is 0. The zero-order chi connectivity index (χ0) is 14.9. The van der Waals surface area contributed by atoms with Gasteiger partial charge in [-0.05, 0) is 25.1 Å². The van der Waals surface area contributed by atoms with Crippen molar-refractivity contribution < 1.29 is 22.7 Å². The number of carbonyl (C=O) groups is 1. The SMILES string of the molecule is Cc1oc(CS(=O)(=O)c2ccccc2Cl)cc1C(=O)O. The minimum Gasteiger partial charge on any atom is -0.478 e. The Morgan fingerprint density at radius 3 is 2.55 bits per heavy atom. The van der Waals surface area contributed by atoms with E-state index in [4.69, 9.17) is 21.1 Å². The lowest BCUT2D eigenvalue weighted by Gasteiger charge is -2.04. The number of halogens is 1. The number of sulfone groups is 1. The van der Waals surface area contributed by atoms with Crippen LogP contribution < -0.4 is 0 Å². The minimum atomic E-state index is -3.69. The normalized spacial score (nSPS) is 11.5. The number of hydrogen-bond donors (Lipinski definition) is 1. The molecule has 0 saturated carbocycles. The highest BCUT2D eigenvalue weighted by Crippen LogP contribution is 2.25. The number of carboxylic acid groups (broad SMARTS) is 1. The first kappa shape index (κ1) is 14.6. The molecule has 0 saturated heterocycles. The van der Waals surface area contributed by atoms with Gasteiger partial charge in [0.05, 0.1) is 9.92 Å². The lowest BCUT2D eigenvalue weighted by atomic mass is 10.2. The Bertz CT molecular complexity index is 761. The molecule has 0 aliphatic rings. The minimum absolute atomic E-state index is 0.00686. The van der Waals surface area contributed by atoms with Crippen molar-refractivity contribution in [2.75, 3.05) is 0 Å². The topological polar surface area (TPSA) is 84.6 Å². The van der Waals surface area contributed by atoms with E-state index in [1.54, 1.807) is 12.1 Å². The van der Waals surface area contributed by atoms with Crippen molar-refractivity contribution in [3.63, 3.8) is 0 Å². The third-order valence-electron chi connectivity index (χ3n) is 2.70. The third kappa shape index (κ3) is 2.86. The van der Waals surface area contributed by atoms with Crippen molar-refractivity contribution in [2.45, 2.75) is 17.6 Å². The molecule has 7 heteroatoms. The second kappa shape index (κ2) is 5.30. The van der Waals surface area contributed by atoms with Gasteiger partial charge in [-0.1, -0.05) is 23.7 Å². The van der Waals surface area contributed by atoms with Gasteiger partial charge in [0.15, 0.2) is 9.84 Å². The lowest BCUT2D eigenvalue weighted by Crippen LogP contribution is -2.05. The van der Waals surface area contributed by atoms with Crippen molar-refractivity contribution in [2.24, 2.45) is 0 Å². The molecule has 0 radical (unpaired) electrons. The summed E-state index contributed by atoms with van der Waals surface area (Å²) >= 11 is 5.86. The molecule has 1 heterocycles. The number of carboxylic acids is 1. The molecule has 2 rings (SSSR count). The van der Waals surface area contributed by atoms with Crippen LogP contribution in [0.25, 0.3) is 0 Å². The Morgan fingerprint density at radius 2 is 2.00 bits per heavy atom. The smallest absolute Gasteiger partial charge is 0.339 e. The number of benzene rings is 1. The molecule has 0 aliphatic heterocycles. The van der Waals surface area contributed by atoms with Crippen LogP contribution in [0.4, 0.5) is 0 Å². The Hall–Kier alpha value is -1.79. The van der Waals surface area contributed by atoms with Crippen molar-refractivity contribution in [1.82, 2.24) is 0 Å². The van der Waals surface area contributed by atoms with Gasteiger partial charge in [0.25, 0.3) is 0 Å². The van der Waals surface area contributed by atoms with Crippen LogP contribution in [-0.2, 0) is 15.6 Å². The Balaban J connectivity index is 2.37. The maximum absolute atomic E-state index is 12.2. The molecule has 1 aromatic carbocycles. The first-order chi connectivity index (χ1) is 9.31. The predicted octanol–water partition coefficient (Wildman–Crippen LogP) is 2.91. The summed E-state index contributed by atoms with van der Waals surface area (Å²) in [7, 11) is -3.69. The molecule has 0 unspecified atom stereocenters. The van der Waals surface area contributed by atoms with Gasteiger partial charge in [-0.15, -0.1) is 0 Å². The van der Waals surface area contributed by atoms with Crippen LogP contribution in [0.3, 0.4) is 0 Å². The molecular weight excluding hydrogens is 304 g/mol. The average Bonchev–Trinajstić information content (AvgIpc) is 2.69. The molecule has 1 N–H and O–H groups in total. The molecule has 0 fully saturated rings. The average molecular weight is 315 g/mol. The zero-order valence-corrected chi connectivity index (χ0v) is 12.0.